The summed E-state index contributed by atoms with van der Waals surface area (Å²) >= 11 is 0. The van der Waals surface area contributed by atoms with Crippen molar-refractivity contribution in [2.45, 2.75) is 52.5 Å². The summed E-state index contributed by atoms with van der Waals surface area (Å²) in [5.74, 6) is 0.665. The number of oxazole rings is 1. The van der Waals surface area contributed by atoms with Gasteiger partial charge in [-0.1, -0.05) is 26.7 Å². The van der Waals surface area contributed by atoms with E-state index in [2.05, 4.69) is 23.6 Å². The molecular weight excluding hydrogens is 296 g/mol. The summed E-state index contributed by atoms with van der Waals surface area (Å²) in [4.78, 5) is 30.1. The van der Waals surface area contributed by atoms with Gasteiger partial charge < -0.3 is 14.1 Å². The first-order chi connectivity index (χ1) is 11.0. The van der Waals surface area contributed by atoms with Gasteiger partial charge in [0.1, 0.15) is 6.26 Å². The number of hydrogen-bond donors (Lipinski definition) is 0. The van der Waals surface area contributed by atoms with E-state index >= 15 is 0 Å². The quantitative estimate of drug-likeness (QED) is 0.722. The third-order valence-electron chi connectivity index (χ3n) is 4.26. The average molecular weight is 322 g/mol. The molecule has 1 aromatic heterocycles. The lowest BCUT2D eigenvalue weighted by molar-refractivity contribution is -0.136. The number of methoxy groups -OCH3 is 1. The standard InChI is InChI=1S/C17H26N2O4/c1-12(2)8-9-19(16(20)13-6-4-5-7-13)10-15-18-14(11-23-15)17(21)22-3/h11-13H,4-10H2,1-3H3. The van der Waals surface area contributed by atoms with E-state index in [4.69, 9.17) is 4.42 Å². The number of esters is 1. The molecular formula is C17H26N2O4. The number of ether oxygens (including phenoxy) is 1. The maximum Gasteiger partial charge on any atom is 0.360 e. The molecule has 128 valence electrons. The molecule has 0 atom stereocenters. The predicted octanol–water partition coefficient (Wildman–Crippen LogP) is 3.03. The normalized spacial score (nSPS) is 15.1. The third-order valence-corrected chi connectivity index (χ3v) is 4.26. The highest BCUT2D eigenvalue weighted by Gasteiger charge is 2.28. The maximum absolute atomic E-state index is 12.7. The monoisotopic (exact) mass is 322 g/mol. The molecule has 0 spiro atoms. The Morgan fingerprint density at radius 3 is 2.70 bits per heavy atom. The second kappa shape index (κ2) is 8.13. The molecule has 0 unspecified atom stereocenters. The number of carbonyl (C=O) groups is 2. The summed E-state index contributed by atoms with van der Waals surface area (Å²) in [6, 6.07) is 0. The lowest BCUT2D eigenvalue weighted by atomic mass is 10.1. The number of aromatic nitrogens is 1. The summed E-state index contributed by atoms with van der Waals surface area (Å²) in [5.41, 5.74) is 0.139. The van der Waals surface area contributed by atoms with Gasteiger partial charge in [0, 0.05) is 12.5 Å². The lowest BCUT2D eigenvalue weighted by Gasteiger charge is -2.25. The van der Waals surface area contributed by atoms with Crippen LogP contribution in [0.15, 0.2) is 10.7 Å². The van der Waals surface area contributed by atoms with Crippen molar-refractivity contribution in [2.24, 2.45) is 11.8 Å². The highest BCUT2D eigenvalue weighted by atomic mass is 16.5. The van der Waals surface area contributed by atoms with Crippen LogP contribution in [0.4, 0.5) is 0 Å². The second-order valence-electron chi connectivity index (χ2n) is 6.54. The van der Waals surface area contributed by atoms with Gasteiger partial charge in [-0.25, -0.2) is 9.78 Å². The van der Waals surface area contributed by atoms with E-state index in [0.29, 0.717) is 24.9 Å². The van der Waals surface area contributed by atoms with Crippen LogP contribution in [0, 0.1) is 11.8 Å². The third kappa shape index (κ3) is 4.81. The van der Waals surface area contributed by atoms with Gasteiger partial charge in [0.25, 0.3) is 0 Å². The topological polar surface area (TPSA) is 72.6 Å². The van der Waals surface area contributed by atoms with E-state index in [9.17, 15) is 9.59 Å². The van der Waals surface area contributed by atoms with Crippen LogP contribution in [0.2, 0.25) is 0 Å². The van der Waals surface area contributed by atoms with Crippen molar-refractivity contribution in [2.75, 3.05) is 13.7 Å². The van der Waals surface area contributed by atoms with Crippen LogP contribution in [0.5, 0.6) is 0 Å². The minimum atomic E-state index is -0.532. The number of hydrogen-bond acceptors (Lipinski definition) is 5. The molecule has 0 radical (unpaired) electrons. The molecule has 1 saturated carbocycles. The summed E-state index contributed by atoms with van der Waals surface area (Å²) < 4.78 is 9.95. The van der Waals surface area contributed by atoms with E-state index in [1.54, 1.807) is 0 Å². The Morgan fingerprint density at radius 2 is 2.09 bits per heavy atom. The van der Waals surface area contributed by atoms with E-state index in [1.165, 1.54) is 13.4 Å². The lowest BCUT2D eigenvalue weighted by Crippen LogP contribution is -2.36. The van der Waals surface area contributed by atoms with Gasteiger partial charge in [-0.2, -0.15) is 0 Å². The molecule has 0 bridgehead atoms. The van der Waals surface area contributed by atoms with Crippen LogP contribution in [0.3, 0.4) is 0 Å². The second-order valence-corrected chi connectivity index (χ2v) is 6.54. The van der Waals surface area contributed by atoms with Crippen molar-refractivity contribution in [3.05, 3.63) is 17.8 Å². The largest absolute Gasteiger partial charge is 0.464 e. The van der Waals surface area contributed by atoms with Crippen LogP contribution in [0.25, 0.3) is 0 Å². The van der Waals surface area contributed by atoms with Crippen LogP contribution < -0.4 is 0 Å². The zero-order valence-electron chi connectivity index (χ0n) is 14.2. The summed E-state index contributed by atoms with van der Waals surface area (Å²) in [5, 5.41) is 0. The molecule has 0 N–H and O–H groups in total. The molecule has 1 fully saturated rings. The molecule has 1 heterocycles. The van der Waals surface area contributed by atoms with Gasteiger partial charge in [-0.15, -0.1) is 0 Å². The van der Waals surface area contributed by atoms with Crippen molar-refractivity contribution >= 4 is 11.9 Å². The average Bonchev–Trinajstić information content (AvgIpc) is 3.21. The summed E-state index contributed by atoms with van der Waals surface area (Å²) in [7, 11) is 1.30. The van der Waals surface area contributed by atoms with Crippen molar-refractivity contribution < 1.29 is 18.7 Å². The highest BCUT2D eigenvalue weighted by Crippen LogP contribution is 2.27. The molecule has 23 heavy (non-hydrogen) atoms. The molecule has 0 aliphatic heterocycles. The number of carbonyl (C=O) groups excluding carboxylic acids is 2. The Morgan fingerprint density at radius 1 is 1.39 bits per heavy atom. The molecule has 1 aliphatic rings. The Labute approximate surface area is 137 Å². The van der Waals surface area contributed by atoms with Crippen molar-refractivity contribution in [1.29, 1.82) is 0 Å². The van der Waals surface area contributed by atoms with Crippen molar-refractivity contribution in [1.82, 2.24) is 9.88 Å². The minimum Gasteiger partial charge on any atom is -0.464 e. The van der Waals surface area contributed by atoms with E-state index in [-0.39, 0.29) is 17.5 Å². The predicted molar refractivity (Wildman–Crippen MR) is 84.7 cm³/mol. The first-order valence-corrected chi connectivity index (χ1v) is 8.32. The van der Waals surface area contributed by atoms with Crippen LogP contribution in [-0.2, 0) is 16.1 Å². The van der Waals surface area contributed by atoms with E-state index < -0.39 is 5.97 Å². The van der Waals surface area contributed by atoms with Gasteiger partial charge in [0.05, 0.1) is 13.7 Å². The van der Waals surface area contributed by atoms with Gasteiger partial charge in [0.15, 0.2) is 5.69 Å². The number of nitrogens with zero attached hydrogens (tertiary/aromatic N) is 2. The fourth-order valence-corrected chi connectivity index (χ4v) is 2.86. The van der Waals surface area contributed by atoms with Crippen molar-refractivity contribution in [3.8, 4) is 0 Å². The van der Waals surface area contributed by atoms with E-state index in [1.807, 2.05) is 4.90 Å². The van der Waals surface area contributed by atoms with Gasteiger partial charge in [0.2, 0.25) is 11.8 Å². The fraction of sp³-hybridized carbons (Fsp3) is 0.706. The molecule has 1 aliphatic carbocycles. The zero-order chi connectivity index (χ0) is 16.8. The Hall–Kier alpha value is -1.85. The fourth-order valence-electron chi connectivity index (χ4n) is 2.86. The van der Waals surface area contributed by atoms with Crippen LogP contribution in [-0.4, -0.2) is 35.4 Å². The molecule has 1 aromatic rings. The van der Waals surface area contributed by atoms with Crippen LogP contribution >= 0.6 is 0 Å². The van der Waals surface area contributed by atoms with Gasteiger partial charge >= 0.3 is 5.97 Å². The molecule has 6 heteroatoms. The molecule has 6 nitrogen and oxygen atoms in total. The summed E-state index contributed by atoms with van der Waals surface area (Å²) in [6.45, 7) is 5.26. The van der Waals surface area contributed by atoms with Crippen LogP contribution in [0.1, 0.15) is 62.3 Å². The molecule has 0 saturated heterocycles. The number of rotatable bonds is 7. The molecule has 1 amide bonds. The number of amides is 1. The zero-order valence-corrected chi connectivity index (χ0v) is 14.2. The van der Waals surface area contributed by atoms with Gasteiger partial charge in [-0.05, 0) is 25.2 Å². The first-order valence-electron chi connectivity index (χ1n) is 8.32. The van der Waals surface area contributed by atoms with Gasteiger partial charge in [-0.3, -0.25) is 4.79 Å². The summed E-state index contributed by atoms with van der Waals surface area (Å²) in [6.07, 6.45) is 6.40. The molecule has 2 rings (SSSR count). The molecule has 0 aromatic carbocycles. The Balaban J connectivity index is 2.05. The van der Waals surface area contributed by atoms with E-state index in [0.717, 1.165) is 32.1 Å². The smallest absolute Gasteiger partial charge is 0.360 e. The Bertz CT molecular complexity index is 532. The SMILES string of the molecule is COC(=O)c1coc(CN(CCC(C)C)C(=O)C2CCCC2)n1. The highest BCUT2D eigenvalue weighted by molar-refractivity contribution is 5.86. The Kier molecular flexibility index (Phi) is 6.19. The van der Waals surface area contributed by atoms with Crippen molar-refractivity contribution in [3.63, 3.8) is 0 Å². The maximum atomic E-state index is 12.7. The minimum absolute atomic E-state index is 0.122. The first kappa shape index (κ1) is 17.5.